The first kappa shape index (κ1) is 14.9. The molecule has 0 radical (unpaired) electrons. The fourth-order valence-corrected chi connectivity index (χ4v) is 2.35. The maximum absolute atomic E-state index is 5.72. The molecule has 1 heterocycles. The van der Waals surface area contributed by atoms with Gasteiger partial charge >= 0.3 is 0 Å². The molecular weight excluding hydrogens is 212 g/mol. The first-order chi connectivity index (χ1) is 8.01. The summed E-state index contributed by atoms with van der Waals surface area (Å²) in [4.78, 5) is 2.55. The van der Waals surface area contributed by atoms with Crippen LogP contribution in [0.1, 0.15) is 47.0 Å². The van der Waals surface area contributed by atoms with Gasteiger partial charge in [0.05, 0.1) is 6.10 Å². The van der Waals surface area contributed by atoms with Crippen molar-refractivity contribution in [1.29, 1.82) is 0 Å². The van der Waals surface area contributed by atoms with Gasteiger partial charge in [-0.05, 0) is 66.6 Å². The Morgan fingerprint density at radius 3 is 2.76 bits per heavy atom. The van der Waals surface area contributed by atoms with Crippen LogP contribution in [-0.2, 0) is 4.74 Å². The van der Waals surface area contributed by atoms with E-state index < -0.39 is 0 Å². The Bertz CT molecular complexity index is 199. The molecule has 1 fully saturated rings. The summed E-state index contributed by atoms with van der Waals surface area (Å²) in [6.45, 7) is 14.3. The molecule has 1 aliphatic rings. The summed E-state index contributed by atoms with van der Waals surface area (Å²) in [6.07, 6.45) is 4.24. The normalized spacial score (nSPS) is 22.9. The minimum Gasteiger partial charge on any atom is -0.377 e. The van der Waals surface area contributed by atoms with Crippen LogP contribution in [0.25, 0.3) is 0 Å². The third-order valence-electron chi connectivity index (χ3n) is 3.17. The number of hydrogen-bond donors (Lipinski definition) is 1. The van der Waals surface area contributed by atoms with E-state index in [4.69, 9.17) is 4.74 Å². The van der Waals surface area contributed by atoms with E-state index in [1.807, 2.05) is 0 Å². The van der Waals surface area contributed by atoms with Gasteiger partial charge in [-0.15, -0.1) is 0 Å². The van der Waals surface area contributed by atoms with Gasteiger partial charge in [0.25, 0.3) is 0 Å². The minimum atomic E-state index is 0.246. The summed E-state index contributed by atoms with van der Waals surface area (Å²) < 4.78 is 5.72. The van der Waals surface area contributed by atoms with E-state index in [2.05, 4.69) is 37.9 Å². The number of ether oxygens (including phenoxy) is 1. The van der Waals surface area contributed by atoms with E-state index in [9.17, 15) is 0 Å². The van der Waals surface area contributed by atoms with Crippen LogP contribution >= 0.6 is 0 Å². The van der Waals surface area contributed by atoms with Gasteiger partial charge in [0.15, 0.2) is 0 Å². The van der Waals surface area contributed by atoms with E-state index in [0.29, 0.717) is 6.10 Å². The Morgan fingerprint density at radius 2 is 2.12 bits per heavy atom. The second kappa shape index (κ2) is 7.34. The smallest absolute Gasteiger partial charge is 0.0702 e. The molecule has 0 aliphatic carbocycles. The van der Waals surface area contributed by atoms with Crippen molar-refractivity contribution < 1.29 is 4.74 Å². The fourth-order valence-electron chi connectivity index (χ4n) is 2.35. The average Bonchev–Trinajstić information content (AvgIpc) is 2.24. The highest BCUT2D eigenvalue weighted by Gasteiger charge is 2.19. The van der Waals surface area contributed by atoms with Crippen molar-refractivity contribution >= 4 is 0 Å². The molecule has 0 spiro atoms. The molecule has 3 nitrogen and oxygen atoms in total. The third kappa shape index (κ3) is 7.02. The van der Waals surface area contributed by atoms with Crippen LogP contribution in [0, 0.1) is 0 Å². The van der Waals surface area contributed by atoms with Crippen molar-refractivity contribution in [2.75, 3.05) is 32.8 Å². The summed E-state index contributed by atoms with van der Waals surface area (Å²) in [5.74, 6) is 0. The van der Waals surface area contributed by atoms with Crippen molar-refractivity contribution in [3.63, 3.8) is 0 Å². The summed E-state index contributed by atoms with van der Waals surface area (Å²) in [5.41, 5.74) is 0.246. The molecule has 0 aromatic rings. The molecular formula is C14H30N2O. The van der Waals surface area contributed by atoms with Gasteiger partial charge in [0.2, 0.25) is 0 Å². The maximum Gasteiger partial charge on any atom is 0.0702 e. The van der Waals surface area contributed by atoms with Crippen molar-refractivity contribution in [2.24, 2.45) is 0 Å². The van der Waals surface area contributed by atoms with Crippen molar-refractivity contribution in [3.8, 4) is 0 Å². The van der Waals surface area contributed by atoms with Crippen molar-refractivity contribution in [2.45, 2.75) is 58.6 Å². The van der Waals surface area contributed by atoms with E-state index in [1.165, 1.54) is 32.4 Å². The molecule has 1 atom stereocenters. The van der Waals surface area contributed by atoms with E-state index in [-0.39, 0.29) is 5.54 Å². The lowest BCUT2D eigenvalue weighted by molar-refractivity contribution is 0.00568. The molecule has 3 heteroatoms. The third-order valence-corrected chi connectivity index (χ3v) is 3.17. The molecule has 102 valence electrons. The number of rotatable bonds is 6. The molecule has 0 saturated carbocycles. The first-order valence-electron chi connectivity index (χ1n) is 7.10. The van der Waals surface area contributed by atoms with Crippen molar-refractivity contribution in [3.05, 3.63) is 0 Å². The van der Waals surface area contributed by atoms with Gasteiger partial charge in [-0.25, -0.2) is 0 Å². The predicted molar refractivity (Wildman–Crippen MR) is 73.5 cm³/mol. The zero-order valence-electron chi connectivity index (χ0n) is 12.1. The lowest BCUT2D eigenvalue weighted by Crippen LogP contribution is -2.42. The summed E-state index contributed by atoms with van der Waals surface area (Å²) in [7, 11) is 0. The Morgan fingerprint density at radius 1 is 1.35 bits per heavy atom. The highest BCUT2D eigenvalue weighted by atomic mass is 16.5. The highest BCUT2D eigenvalue weighted by Crippen LogP contribution is 2.13. The number of nitrogens with one attached hydrogen (secondary N) is 1. The zero-order chi connectivity index (χ0) is 12.7. The van der Waals surface area contributed by atoms with Crippen LogP contribution < -0.4 is 5.32 Å². The van der Waals surface area contributed by atoms with Crippen LogP contribution in [0.3, 0.4) is 0 Å². The molecule has 1 saturated heterocycles. The second-order valence-electron chi connectivity index (χ2n) is 6.05. The monoisotopic (exact) mass is 242 g/mol. The van der Waals surface area contributed by atoms with E-state index in [1.54, 1.807) is 0 Å². The minimum absolute atomic E-state index is 0.246. The van der Waals surface area contributed by atoms with E-state index >= 15 is 0 Å². The van der Waals surface area contributed by atoms with Gasteiger partial charge in [0.1, 0.15) is 0 Å². The zero-order valence-corrected chi connectivity index (χ0v) is 12.1. The molecule has 0 amide bonds. The van der Waals surface area contributed by atoms with Crippen LogP contribution in [0.2, 0.25) is 0 Å². The SMILES string of the molecule is CCOC1CCCN(CCCNC(C)(C)C)C1. The first-order valence-corrected chi connectivity index (χ1v) is 7.10. The molecule has 0 bridgehead atoms. The lowest BCUT2D eigenvalue weighted by atomic mass is 10.1. The van der Waals surface area contributed by atoms with Gasteiger partial charge in [-0.2, -0.15) is 0 Å². The lowest BCUT2D eigenvalue weighted by Gasteiger charge is -2.32. The van der Waals surface area contributed by atoms with Gasteiger partial charge in [-0.1, -0.05) is 0 Å². The van der Waals surface area contributed by atoms with Crippen LogP contribution in [0.4, 0.5) is 0 Å². The predicted octanol–water partition coefficient (Wildman–Crippen LogP) is 2.27. The number of likely N-dealkylation sites (tertiary alicyclic amines) is 1. The quantitative estimate of drug-likeness (QED) is 0.723. The van der Waals surface area contributed by atoms with Crippen molar-refractivity contribution in [1.82, 2.24) is 10.2 Å². The van der Waals surface area contributed by atoms with Crippen LogP contribution in [-0.4, -0.2) is 49.3 Å². The van der Waals surface area contributed by atoms with Gasteiger partial charge in [-0.3, -0.25) is 0 Å². The Balaban J connectivity index is 2.10. The maximum atomic E-state index is 5.72. The Labute approximate surface area is 107 Å². The Kier molecular flexibility index (Phi) is 6.45. The molecule has 0 aromatic carbocycles. The molecule has 1 unspecified atom stereocenters. The highest BCUT2D eigenvalue weighted by molar-refractivity contribution is 4.74. The number of hydrogen-bond acceptors (Lipinski definition) is 3. The Hall–Kier alpha value is -0.120. The molecule has 0 aromatic heterocycles. The van der Waals surface area contributed by atoms with Gasteiger partial charge < -0.3 is 15.0 Å². The number of nitrogens with zero attached hydrogens (tertiary/aromatic N) is 1. The van der Waals surface area contributed by atoms with Crippen LogP contribution in [0.15, 0.2) is 0 Å². The topological polar surface area (TPSA) is 24.5 Å². The standard InChI is InChI=1S/C14H30N2O/c1-5-17-13-8-6-10-16(12-13)11-7-9-15-14(2,3)4/h13,15H,5-12H2,1-4H3. The number of piperidine rings is 1. The molecule has 17 heavy (non-hydrogen) atoms. The summed E-state index contributed by atoms with van der Waals surface area (Å²) in [6, 6.07) is 0. The summed E-state index contributed by atoms with van der Waals surface area (Å²) >= 11 is 0. The average molecular weight is 242 g/mol. The fraction of sp³-hybridized carbons (Fsp3) is 1.00. The second-order valence-corrected chi connectivity index (χ2v) is 6.05. The summed E-state index contributed by atoms with van der Waals surface area (Å²) in [5, 5.41) is 3.54. The largest absolute Gasteiger partial charge is 0.377 e. The molecule has 1 N–H and O–H groups in total. The van der Waals surface area contributed by atoms with Gasteiger partial charge in [0, 0.05) is 18.7 Å². The molecule has 1 aliphatic heterocycles. The molecule has 1 rings (SSSR count). The van der Waals surface area contributed by atoms with Crippen LogP contribution in [0.5, 0.6) is 0 Å². The van der Waals surface area contributed by atoms with E-state index in [0.717, 1.165) is 19.7 Å².